The molecule has 0 fully saturated rings. The van der Waals surface area contributed by atoms with Crippen molar-refractivity contribution in [2.45, 2.75) is 33.3 Å². The molecule has 54 valence electrons. The van der Waals surface area contributed by atoms with Crippen molar-refractivity contribution in [3.8, 4) is 0 Å². The molecule has 0 aromatic heterocycles. The zero-order valence-electron chi connectivity index (χ0n) is 7.89. The van der Waals surface area contributed by atoms with Crippen molar-refractivity contribution in [2.75, 3.05) is 6.61 Å². The minimum Gasteiger partial charge on any atom is -1.00 e. The number of hydrogen-bond acceptors (Lipinski definition) is 2. The topological polar surface area (TPSA) is 40.5 Å². The van der Waals surface area contributed by atoms with Crippen molar-refractivity contribution in [1.29, 1.82) is 0 Å². The van der Waals surface area contributed by atoms with Crippen LogP contribution in [0.25, 0.3) is 0 Å². The van der Waals surface area contributed by atoms with Crippen molar-refractivity contribution in [1.82, 2.24) is 0 Å². The first-order valence-corrected chi connectivity index (χ1v) is 2.94. The van der Waals surface area contributed by atoms with Gasteiger partial charge in [-0.2, -0.15) is 0 Å². The number of hydrogen-bond donors (Lipinski definition) is 2. The molecule has 2 N–H and O–H groups in total. The summed E-state index contributed by atoms with van der Waals surface area (Å²) >= 11 is 0. The van der Waals surface area contributed by atoms with Crippen molar-refractivity contribution in [3.63, 3.8) is 0 Å². The Morgan fingerprint density at radius 3 is 1.56 bits per heavy atom. The predicted molar refractivity (Wildman–Crippen MR) is 35.8 cm³/mol. The normalized spacial score (nSPS) is 7.33. The van der Waals surface area contributed by atoms with Gasteiger partial charge in [-0.3, -0.25) is 0 Å². The monoisotopic (exact) mass is 144 g/mol. The first-order valence-electron chi connectivity index (χ1n) is 2.94. The van der Waals surface area contributed by atoms with Gasteiger partial charge in [0.15, 0.2) is 0 Å². The molecule has 0 atom stereocenters. The Morgan fingerprint density at radius 2 is 1.56 bits per heavy atom. The molecule has 0 aliphatic heterocycles. The first-order chi connectivity index (χ1) is 3.65. The van der Waals surface area contributed by atoms with Crippen LogP contribution in [0.2, 0.25) is 0 Å². The van der Waals surface area contributed by atoms with Crippen molar-refractivity contribution in [3.05, 3.63) is 0 Å². The minimum absolute atomic E-state index is 0. The minimum atomic E-state index is -0.167. The maximum Gasteiger partial charge on any atom is 1.00 e. The van der Waals surface area contributed by atoms with Crippen LogP contribution >= 0.6 is 0 Å². The van der Waals surface area contributed by atoms with Gasteiger partial charge in [0.05, 0.1) is 0 Å². The molecule has 0 unspecified atom stereocenters. The Hall–Kier alpha value is 0.920. The van der Waals surface area contributed by atoms with E-state index in [1.807, 2.05) is 6.92 Å². The summed E-state index contributed by atoms with van der Waals surface area (Å²) in [4.78, 5) is 0. The second-order valence-electron chi connectivity index (χ2n) is 1.82. The number of aliphatic hydroxyl groups is 2. The molecule has 0 aromatic rings. The Morgan fingerprint density at radius 1 is 1.44 bits per heavy atom. The van der Waals surface area contributed by atoms with Crippen LogP contribution in [0, 0.1) is 0 Å². The van der Waals surface area contributed by atoms with Crippen LogP contribution in [0.15, 0.2) is 0 Å². The average molecular weight is 144 g/mol. The van der Waals surface area contributed by atoms with E-state index >= 15 is 0 Å². The van der Waals surface area contributed by atoms with Crippen LogP contribution in [-0.4, -0.2) is 22.9 Å². The van der Waals surface area contributed by atoms with Gasteiger partial charge >= 0.3 is 29.6 Å². The molecule has 9 heavy (non-hydrogen) atoms. The van der Waals surface area contributed by atoms with Crippen LogP contribution < -0.4 is 29.6 Å². The summed E-state index contributed by atoms with van der Waals surface area (Å²) in [5, 5.41) is 15.9. The summed E-state index contributed by atoms with van der Waals surface area (Å²) in [6, 6.07) is 0. The van der Waals surface area contributed by atoms with Crippen LogP contribution in [0.3, 0.4) is 0 Å². The maximum absolute atomic E-state index is 8.06. The van der Waals surface area contributed by atoms with E-state index in [0.717, 1.165) is 6.42 Å². The molecule has 3 heteroatoms. The Labute approximate surface area is 81.1 Å². The molecule has 0 rings (SSSR count). The molecule has 0 saturated heterocycles. The van der Waals surface area contributed by atoms with Gasteiger partial charge in [0.1, 0.15) is 0 Å². The van der Waals surface area contributed by atoms with E-state index in [-0.39, 0.29) is 37.1 Å². The third kappa shape index (κ3) is 116. The molecule has 0 radical (unpaired) electrons. The molecular formula is C6H17NaO2. The molecule has 0 saturated carbocycles. The second-order valence-corrected chi connectivity index (χ2v) is 1.82. The molecule has 2 nitrogen and oxygen atoms in total. The van der Waals surface area contributed by atoms with E-state index in [2.05, 4.69) is 0 Å². The van der Waals surface area contributed by atoms with Crippen LogP contribution in [0.4, 0.5) is 0 Å². The third-order valence-electron chi connectivity index (χ3n) is 0.224. The summed E-state index contributed by atoms with van der Waals surface area (Å²) in [6.45, 7) is 5.69. The summed E-state index contributed by atoms with van der Waals surface area (Å²) in [6.07, 6.45) is 0.708. The molecule has 0 aliphatic rings. The van der Waals surface area contributed by atoms with E-state index in [9.17, 15) is 0 Å². The smallest absolute Gasteiger partial charge is 1.00 e. The molecule has 0 amide bonds. The summed E-state index contributed by atoms with van der Waals surface area (Å²) < 4.78 is 0. The predicted octanol–water partition coefficient (Wildman–Crippen LogP) is -2.11. The van der Waals surface area contributed by atoms with E-state index in [0.29, 0.717) is 6.61 Å². The molecule has 0 spiro atoms. The summed E-state index contributed by atoms with van der Waals surface area (Å²) in [5.41, 5.74) is 0. The van der Waals surface area contributed by atoms with E-state index < -0.39 is 0 Å². The van der Waals surface area contributed by atoms with E-state index in [1.165, 1.54) is 0 Å². The standard InChI is InChI=1S/2C3H8O.Na.H/c1-3(2)4;1-2-3-4;;/h3-4H,1-2H3;4H,2-3H2,1H3;;/q;;+1;-1. The molecule has 0 bridgehead atoms. The average Bonchev–Trinajstić information content (AvgIpc) is 1.65. The molecule has 0 aromatic carbocycles. The Balaban J connectivity index is -0.0000000300. The first kappa shape index (κ1) is 16.5. The number of aliphatic hydroxyl groups excluding tert-OH is 2. The van der Waals surface area contributed by atoms with Gasteiger partial charge in [0.2, 0.25) is 0 Å². The zero-order chi connectivity index (χ0) is 6.99. The summed E-state index contributed by atoms with van der Waals surface area (Å²) in [7, 11) is 0. The van der Waals surface area contributed by atoms with Gasteiger partial charge in [-0.05, 0) is 20.3 Å². The fourth-order valence-electron chi connectivity index (χ4n) is 0. The Kier molecular flexibility index (Phi) is 29.2. The van der Waals surface area contributed by atoms with Gasteiger partial charge < -0.3 is 11.6 Å². The van der Waals surface area contributed by atoms with Gasteiger partial charge in [-0.15, -0.1) is 0 Å². The fraction of sp³-hybridized carbons (Fsp3) is 1.00. The van der Waals surface area contributed by atoms with Gasteiger partial charge in [-0.25, -0.2) is 0 Å². The Bertz CT molecular complexity index is 32.2. The number of rotatable bonds is 1. The van der Waals surface area contributed by atoms with Gasteiger partial charge in [0, 0.05) is 12.7 Å². The molecule has 0 aliphatic carbocycles. The van der Waals surface area contributed by atoms with E-state index in [4.69, 9.17) is 10.2 Å². The van der Waals surface area contributed by atoms with Crippen molar-refractivity contribution >= 4 is 0 Å². The SMILES string of the molecule is CC(C)O.CCCO.[H-].[Na+]. The maximum atomic E-state index is 8.06. The second kappa shape index (κ2) is 16.0. The largest absolute Gasteiger partial charge is 1.00 e. The quantitative estimate of drug-likeness (QED) is 0.414. The summed E-state index contributed by atoms with van der Waals surface area (Å²) in [5.74, 6) is 0. The molecule has 0 heterocycles. The van der Waals surface area contributed by atoms with Crippen molar-refractivity contribution in [2.24, 2.45) is 0 Å². The zero-order valence-corrected chi connectivity index (χ0v) is 8.89. The fourth-order valence-corrected chi connectivity index (χ4v) is 0. The van der Waals surface area contributed by atoms with Gasteiger partial charge in [0.25, 0.3) is 0 Å². The van der Waals surface area contributed by atoms with Crippen LogP contribution in [0.1, 0.15) is 28.6 Å². The van der Waals surface area contributed by atoms with E-state index in [1.54, 1.807) is 13.8 Å². The molecular weight excluding hydrogens is 127 g/mol. The third-order valence-corrected chi connectivity index (χ3v) is 0.224. The van der Waals surface area contributed by atoms with Crippen LogP contribution in [-0.2, 0) is 0 Å². The van der Waals surface area contributed by atoms with Gasteiger partial charge in [-0.1, -0.05) is 6.92 Å². The van der Waals surface area contributed by atoms with Crippen molar-refractivity contribution < 1.29 is 41.2 Å². The van der Waals surface area contributed by atoms with Crippen LogP contribution in [0.5, 0.6) is 0 Å².